The van der Waals surface area contributed by atoms with Gasteiger partial charge in [-0.1, -0.05) is 18.6 Å². The number of ether oxygens (including phenoxy) is 2. The standard InChI is InChI=1S/C17H20F2O2/c18-16-14(20-10-2-5-12-3-1-4-12)8-9-15(17(16)19)21-11-13-6-7-13/h2,5,8-9,12-13H,1,3-4,6-7,10-11H2/b5-2+. The third-order valence-corrected chi connectivity index (χ3v) is 4.08. The first-order valence-corrected chi connectivity index (χ1v) is 7.64. The molecule has 0 bridgehead atoms. The number of benzene rings is 1. The van der Waals surface area contributed by atoms with Crippen molar-refractivity contribution in [2.24, 2.45) is 11.8 Å². The van der Waals surface area contributed by atoms with Crippen molar-refractivity contribution in [2.75, 3.05) is 13.2 Å². The Morgan fingerprint density at radius 2 is 1.67 bits per heavy atom. The zero-order chi connectivity index (χ0) is 14.7. The van der Waals surface area contributed by atoms with Crippen molar-refractivity contribution < 1.29 is 18.3 Å². The molecule has 2 aliphatic carbocycles. The average molecular weight is 294 g/mol. The Hall–Kier alpha value is -1.58. The van der Waals surface area contributed by atoms with Gasteiger partial charge in [0.25, 0.3) is 0 Å². The van der Waals surface area contributed by atoms with Crippen LogP contribution in [0, 0.1) is 23.5 Å². The van der Waals surface area contributed by atoms with Gasteiger partial charge in [-0.25, -0.2) is 0 Å². The SMILES string of the molecule is Fc1c(OC/C=C/C2CCC2)ccc(OCC2CC2)c1F. The van der Waals surface area contributed by atoms with Crippen LogP contribution in [0.1, 0.15) is 32.1 Å². The molecule has 0 radical (unpaired) electrons. The molecule has 3 rings (SSSR count). The van der Waals surface area contributed by atoms with Gasteiger partial charge in [0.2, 0.25) is 11.6 Å². The second-order valence-corrected chi connectivity index (χ2v) is 5.87. The molecule has 4 heteroatoms. The molecule has 2 nitrogen and oxygen atoms in total. The van der Waals surface area contributed by atoms with Crippen LogP contribution in [-0.2, 0) is 0 Å². The minimum Gasteiger partial charge on any atom is -0.490 e. The van der Waals surface area contributed by atoms with Gasteiger partial charge in [0.15, 0.2) is 11.5 Å². The van der Waals surface area contributed by atoms with Crippen LogP contribution in [0.5, 0.6) is 11.5 Å². The molecule has 2 fully saturated rings. The fraction of sp³-hybridized carbons (Fsp3) is 0.529. The van der Waals surface area contributed by atoms with E-state index < -0.39 is 11.6 Å². The highest BCUT2D eigenvalue weighted by atomic mass is 19.2. The maximum absolute atomic E-state index is 13.9. The summed E-state index contributed by atoms with van der Waals surface area (Å²) >= 11 is 0. The summed E-state index contributed by atoms with van der Waals surface area (Å²) in [5.41, 5.74) is 0. The highest BCUT2D eigenvalue weighted by Gasteiger charge is 2.23. The predicted octanol–water partition coefficient (Wildman–Crippen LogP) is 4.49. The van der Waals surface area contributed by atoms with E-state index in [1.807, 2.05) is 6.08 Å². The Kier molecular flexibility index (Phi) is 4.42. The molecule has 114 valence electrons. The van der Waals surface area contributed by atoms with Crippen molar-refractivity contribution in [2.45, 2.75) is 32.1 Å². The van der Waals surface area contributed by atoms with Crippen molar-refractivity contribution in [3.05, 3.63) is 35.9 Å². The molecule has 0 spiro atoms. The Morgan fingerprint density at radius 1 is 1.00 bits per heavy atom. The van der Waals surface area contributed by atoms with E-state index in [4.69, 9.17) is 9.47 Å². The zero-order valence-corrected chi connectivity index (χ0v) is 12.0. The monoisotopic (exact) mass is 294 g/mol. The first-order chi connectivity index (χ1) is 10.2. The molecule has 0 amide bonds. The van der Waals surface area contributed by atoms with Crippen molar-refractivity contribution >= 4 is 0 Å². The second kappa shape index (κ2) is 6.46. The van der Waals surface area contributed by atoms with Crippen LogP contribution in [0.15, 0.2) is 24.3 Å². The van der Waals surface area contributed by atoms with E-state index >= 15 is 0 Å². The van der Waals surface area contributed by atoms with Gasteiger partial charge < -0.3 is 9.47 Å². The van der Waals surface area contributed by atoms with Crippen LogP contribution in [0.2, 0.25) is 0 Å². The molecule has 0 heterocycles. The Bertz CT molecular complexity index is 520. The lowest BCUT2D eigenvalue weighted by Crippen LogP contribution is -2.08. The quantitative estimate of drug-likeness (QED) is 0.690. The van der Waals surface area contributed by atoms with Crippen LogP contribution >= 0.6 is 0 Å². The molecule has 0 atom stereocenters. The van der Waals surface area contributed by atoms with Gasteiger partial charge in [0.1, 0.15) is 6.61 Å². The van der Waals surface area contributed by atoms with Crippen molar-refractivity contribution in [3.63, 3.8) is 0 Å². The third-order valence-electron chi connectivity index (χ3n) is 4.08. The number of hydrogen-bond acceptors (Lipinski definition) is 2. The molecule has 1 aromatic carbocycles. The average Bonchev–Trinajstić information content (AvgIpc) is 3.24. The molecule has 0 saturated heterocycles. The van der Waals surface area contributed by atoms with E-state index in [-0.39, 0.29) is 18.1 Å². The summed E-state index contributed by atoms with van der Waals surface area (Å²) in [5.74, 6) is -0.897. The maximum atomic E-state index is 13.9. The minimum absolute atomic E-state index is 0.0308. The summed E-state index contributed by atoms with van der Waals surface area (Å²) in [6.07, 6.45) is 9.89. The number of hydrogen-bond donors (Lipinski definition) is 0. The molecular weight excluding hydrogens is 274 g/mol. The van der Waals surface area contributed by atoms with Crippen molar-refractivity contribution in [1.82, 2.24) is 0 Å². The normalized spacial score (nSPS) is 18.8. The second-order valence-electron chi connectivity index (χ2n) is 5.87. The number of allylic oxidation sites excluding steroid dienone is 1. The lowest BCUT2D eigenvalue weighted by molar-refractivity contribution is 0.273. The molecule has 21 heavy (non-hydrogen) atoms. The van der Waals surface area contributed by atoms with Crippen LogP contribution in [0.3, 0.4) is 0 Å². The van der Waals surface area contributed by atoms with E-state index in [1.165, 1.54) is 31.4 Å². The molecule has 2 aliphatic rings. The topological polar surface area (TPSA) is 18.5 Å². The predicted molar refractivity (Wildman–Crippen MR) is 76.6 cm³/mol. The summed E-state index contributed by atoms with van der Waals surface area (Å²) < 4.78 is 38.3. The maximum Gasteiger partial charge on any atom is 0.204 e. The molecule has 0 unspecified atom stereocenters. The van der Waals surface area contributed by atoms with Gasteiger partial charge >= 0.3 is 0 Å². The Balaban J connectivity index is 1.54. The highest BCUT2D eigenvalue weighted by Crippen LogP contribution is 2.32. The molecule has 0 aromatic heterocycles. The lowest BCUT2D eigenvalue weighted by atomic mass is 9.85. The third kappa shape index (κ3) is 3.74. The Labute approximate surface area is 123 Å². The molecule has 0 aliphatic heterocycles. The summed E-state index contributed by atoms with van der Waals surface area (Å²) in [5, 5.41) is 0. The largest absolute Gasteiger partial charge is 0.490 e. The summed E-state index contributed by atoms with van der Waals surface area (Å²) in [4.78, 5) is 0. The lowest BCUT2D eigenvalue weighted by Gasteiger charge is -2.21. The van der Waals surface area contributed by atoms with Crippen molar-refractivity contribution in [3.8, 4) is 11.5 Å². The summed E-state index contributed by atoms with van der Waals surface area (Å²) in [7, 11) is 0. The highest BCUT2D eigenvalue weighted by molar-refractivity contribution is 5.35. The van der Waals surface area contributed by atoms with Crippen LogP contribution in [0.25, 0.3) is 0 Å². The Morgan fingerprint density at radius 3 is 2.24 bits per heavy atom. The summed E-state index contributed by atoms with van der Waals surface area (Å²) in [6, 6.07) is 2.86. The van der Waals surface area contributed by atoms with Gasteiger partial charge in [-0.2, -0.15) is 8.78 Å². The van der Waals surface area contributed by atoms with Crippen LogP contribution in [-0.4, -0.2) is 13.2 Å². The molecule has 0 N–H and O–H groups in total. The van der Waals surface area contributed by atoms with Gasteiger partial charge in [-0.15, -0.1) is 0 Å². The van der Waals surface area contributed by atoms with E-state index in [0.717, 1.165) is 12.8 Å². The first kappa shape index (κ1) is 14.4. The van der Waals surface area contributed by atoms with Crippen LogP contribution in [0.4, 0.5) is 8.78 Å². The number of rotatable bonds is 7. The van der Waals surface area contributed by atoms with Gasteiger partial charge in [-0.3, -0.25) is 0 Å². The fourth-order valence-corrected chi connectivity index (χ4v) is 2.25. The van der Waals surface area contributed by atoms with Gasteiger partial charge in [0.05, 0.1) is 6.61 Å². The van der Waals surface area contributed by atoms with E-state index in [0.29, 0.717) is 18.4 Å². The molecule has 2 saturated carbocycles. The molecule has 1 aromatic rings. The number of halogens is 2. The van der Waals surface area contributed by atoms with Gasteiger partial charge in [-0.05, 0) is 49.7 Å². The molecular formula is C17H20F2O2. The van der Waals surface area contributed by atoms with E-state index in [1.54, 1.807) is 0 Å². The zero-order valence-electron chi connectivity index (χ0n) is 12.0. The van der Waals surface area contributed by atoms with Crippen LogP contribution < -0.4 is 9.47 Å². The first-order valence-electron chi connectivity index (χ1n) is 7.64. The smallest absolute Gasteiger partial charge is 0.204 e. The van der Waals surface area contributed by atoms with Gasteiger partial charge in [0, 0.05) is 0 Å². The van der Waals surface area contributed by atoms with E-state index in [2.05, 4.69) is 6.08 Å². The van der Waals surface area contributed by atoms with E-state index in [9.17, 15) is 8.78 Å². The summed E-state index contributed by atoms with van der Waals surface area (Å²) in [6.45, 7) is 0.718. The fourth-order valence-electron chi connectivity index (χ4n) is 2.25. The minimum atomic E-state index is -0.972. The van der Waals surface area contributed by atoms with Crippen molar-refractivity contribution in [1.29, 1.82) is 0 Å².